The van der Waals surface area contributed by atoms with Crippen molar-refractivity contribution >= 4 is 17.6 Å². The van der Waals surface area contributed by atoms with Crippen LogP contribution >= 0.6 is 0 Å². The molecule has 1 aliphatic carbocycles. The average Bonchev–Trinajstić information content (AvgIpc) is 2.64. The number of morpholine rings is 1. The van der Waals surface area contributed by atoms with Crippen molar-refractivity contribution < 1.29 is 18.7 Å². The Kier molecular flexibility index (Phi) is 5.53. The van der Waals surface area contributed by atoms with Crippen molar-refractivity contribution in [1.29, 1.82) is 0 Å². The van der Waals surface area contributed by atoms with Crippen LogP contribution in [0.5, 0.6) is 0 Å². The van der Waals surface area contributed by atoms with Crippen LogP contribution < -0.4 is 10.6 Å². The number of anilines is 1. The van der Waals surface area contributed by atoms with E-state index in [4.69, 9.17) is 4.74 Å². The predicted molar refractivity (Wildman–Crippen MR) is 91.8 cm³/mol. The maximum Gasteiger partial charge on any atom is 0.320 e. The summed E-state index contributed by atoms with van der Waals surface area (Å²) in [6.07, 6.45) is 4.03. The largest absolute Gasteiger partial charge is 0.378 e. The lowest BCUT2D eigenvalue weighted by molar-refractivity contribution is -0.143. The molecule has 3 amide bonds. The van der Waals surface area contributed by atoms with Crippen molar-refractivity contribution in [2.75, 3.05) is 31.6 Å². The van der Waals surface area contributed by atoms with E-state index in [0.29, 0.717) is 39.1 Å². The van der Waals surface area contributed by atoms with Gasteiger partial charge in [0, 0.05) is 13.1 Å². The van der Waals surface area contributed by atoms with Gasteiger partial charge in [0.2, 0.25) is 5.91 Å². The van der Waals surface area contributed by atoms with Crippen molar-refractivity contribution in [2.24, 2.45) is 0 Å². The molecule has 0 spiro atoms. The van der Waals surface area contributed by atoms with Crippen molar-refractivity contribution in [1.82, 2.24) is 10.2 Å². The van der Waals surface area contributed by atoms with E-state index in [-0.39, 0.29) is 11.6 Å². The van der Waals surface area contributed by atoms with Crippen LogP contribution in [0.3, 0.4) is 0 Å². The average molecular weight is 349 g/mol. The number of hydrogen-bond donors (Lipinski definition) is 2. The molecule has 1 saturated heterocycles. The van der Waals surface area contributed by atoms with Crippen molar-refractivity contribution in [3.63, 3.8) is 0 Å². The van der Waals surface area contributed by atoms with E-state index >= 15 is 0 Å². The molecule has 2 N–H and O–H groups in total. The molecule has 25 heavy (non-hydrogen) atoms. The van der Waals surface area contributed by atoms with Gasteiger partial charge in [-0.05, 0) is 25.0 Å². The van der Waals surface area contributed by atoms with Gasteiger partial charge in [-0.2, -0.15) is 0 Å². The highest BCUT2D eigenvalue weighted by Gasteiger charge is 2.43. The van der Waals surface area contributed by atoms with Gasteiger partial charge < -0.3 is 20.3 Å². The van der Waals surface area contributed by atoms with E-state index in [0.717, 1.165) is 19.3 Å². The molecule has 0 aromatic heterocycles. The van der Waals surface area contributed by atoms with Gasteiger partial charge in [-0.15, -0.1) is 0 Å². The summed E-state index contributed by atoms with van der Waals surface area (Å²) < 4.78 is 19.0. The van der Waals surface area contributed by atoms with Gasteiger partial charge in [0.15, 0.2) is 0 Å². The standard InChI is InChI=1S/C18H24FN3O3/c19-14-6-2-3-7-15(14)20-17(24)21-18(8-4-1-5-9-18)16(23)22-10-12-25-13-11-22/h2-3,6-7H,1,4-5,8-13H2,(H2,20,21,24). The van der Waals surface area contributed by atoms with Crippen LogP contribution in [0.25, 0.3) is 0 Å². The fourth-order valence-corrected chi connectivity index (χ4v) is 3.55. The van der Waals surface area contributed by atoms with E-state index in [2.05, 4.69) is 10.6 Å². The normalized spacial score (nSPS) is 20.0. The second kappa shape index (κ2) is 7.82. The van der Waals surface area contributed by atoms with Crippen LogP contribution in [0, 0.1) is 5.82 Å². The Morgan fingerprint density at radius 3 is 2.44 bits per heavy atom. The third-order valence-electron chi connectivity index (χ3n) is 4.89. The van der Waals surface area contributed by atoms with E-state index in [1.54, 1.807) is 17.0 Å². The molecule has 1 saturated carbocycles. The molecule has 0 atom stereocenters. The van der Waals surface area contributed by atoms with Crippen LogP contribution in [0.4, 0.5) is 14.9 Å². The minimum absolute atomic E-state index is 0.0563. The minimum Gasteiger partial charge on any atom is -0.378 e. The molecule has 2 aliphatic rings. The highest BCUT2D eigenvalue weighted by molar-refractivity contribution is 5.96. The van der Waals surface area contributed by atoms with E-state index in [9.17, 15) is 14.0 Å². The number of nitrogens with zero attached hydrogens (tertiary/aromatic N) is 1. The lowest BCUT2D eigenvalue weighted by Gasteiger charge is -2.41. The van der Waals surface area contributed by atoms with Gasteiger partial charge >= 0.3 is 6.03 Å². The third-order valence-corrected chi connectivity index (χ3v) is 4.89. The van der Waals surface area contributed by atoms with Crippen molar-refractivity contribution in [2.45, 2.75) is 37.6 Å². The predicted octanol–water partition coefficient (Wildman–Crippen LogP) is 2.51. The lowest BCUT2D eigenvalue weighted by Crippen LogP contribution is -2.62. The summed E-state index contributed by atoms with van der Waals surface area (Å²) >= 11 is 0. The maximum atomic E-state index is 13.7. The molecule has 0 unspecified atom stereocenters. The molecular formula is C18H24FN3O3. The minimum atomic E-state index is -0.912. The molecule has 6 nitrogen and oxygen atoms in total. The molecular weight excluding hydrogens is 325 g/mol. The monoisotopic (exact) mass is 349 g/mol. The highest BCUT2D eigenvalue weighted by Crippen LogP contribution is 2.30. The number of amides is 3. The molecule has 1 aromatic carbocycles. The summed E-state index contributed by atoms with van der Waals surface area (Å²) in [6, 6.07) is 5.43. The third kappa shape index (κ3) is 4.10. The molecule has 3 rings (SSSR count). The number of hydrogen-bond acceptors (Lipinski definition) is 3. The molecule has 0 bridgehead atoms. The summed E-state index contributed by atoms with van der Waals surface area (Å²) in [5, 5.41) is 5.38. The summed E-state index contributed by atoms with van der Waals surface area (Å²) in [5.74, 6) is -0.561. The van der Waals surface area contributed by atoms with Crippen molar-refractivity contribution in [3.05, 3.63) is 30.1 Å². The van der Waals surface area contributed by atoms with Crippen molar-refractivity contribution in [3.8, 4) is 0 Å². The Bertz CT molecular complexity index is 626. The van der Waals surface area contributed by atoms with Crippen LogP contribution in [-0.4, -0.2) is 48.7 Å². The number of rotatable bonds is 3. The Morgan fingerprint density at radius 1 is 1.08 bits per heavy atom. The zero-order valence-electron chi connectivity index (χ0n) is 14.2. The van der Waals surface area contributed by atoms with E-state index in [1.807, 2.05) is 0 Å². The zero-order valence-corrected chi connectivity index (χ0v) is 14.2. The number of carbonyl (C=O) groups is 2. The Labute approximate surface area is 146 Å². The van der Waals surface area contributed by atoms with Gasteiger partial charge in [-0.1, -0.05) is 31.4 Å². The number of benzene rings is 1. The second-order valence-electron chi connectivity index (χ2n) is 6.61. The highest BCUT2D eigenvalue weighted by atomic mass is 19.1. The Morgan fingerprint density at radius 2 is 1.76 bits per heavy atom. The molecule has 1 aliphatic heterocycles. The topological polar surface area (TPSA) is 70.7 Å². The SMILES string of the molecule is O=C(Nc1ccccc1F)NC1(C(=O)N2CCOCC2)CCCCC1. The van der Waals surface area contributed by atoms with Crippen LogP contribution in [0.15, 0.2) is 24.3 Å². The number of halogens is 1. The maximum absolute atomic E-state index is 13.7. The van der Waals surface area contributed by atoms with Gasteiger partial charge in [-0.25, -0.2) is 9.18 Å². The van der Waals surface area contributed by atoms with Gasteiger partial charge in [0.05, 0.1) is 18.9 Å². The fraction of sp³-hybridized carbons (Fsp3) is 0.556. The van der Waals surface area contributed by atoms with E-state index in [1.165, 1.54) is 12.1 Å². The lowest BCUT2D eigenvalue weighted by atomic mass is 9.80. The van der Waals surface area contributed by atoms with E-state index < -0.39 is 17.4 Å². The first-order chi connectivity index (χ1) is 12.1. The first-order valence-corrected chi connectivity index (χ1v) is 8.82. The molecule has 0 radical (unpaired) electrons. The molecule has 136 valence electrons. The first-order valence-electron chi connectivity index (χ1n) is 8.82. The van der Waals surface area contributed by atoms with Gasteiger partial charge in [0.25, 0.3) is 0 Å². The molecule has 1 heterocycles. The van der Waals surface area contributed by atoms with Crippen LogP contribution in [-0.2, 0) is 9.53 Å². The quantitative estimate of drug-likeness (QED) is 0.881. The smallest absolute Gasteiger partial charge is 0.320 e. The fourth-order valence-electron chi connectivity index (χ4n) is 3.55. The number of carbonyl (C=O) groups excluding carboxylic acids is 2. The Balaban J connectivity index is 1.72. The number of ether oxygens (including phenoxy) is 1. The summed E-state index contributed by atoms with van der Waals surface area (Å²) in [7, 11) is 0. The molecule has 1 aromatic rings. The summed E-state index contributed by atoms with van der Waals surface area (Å²) in [4.78, 5) is 27.3. The summed E-state index contributed by atoms with van der Waals surface area (Å²) in [6.45, 7) is 2.11. The van der Waals surface area contributed by atoms with Crippen LogP contribution in [0.1, 0.15) is 32.1 Å². The Hall–Kier alpha value is -2.15. The van der Waals surface area contributed by atoms with Gasteiger partial charge in [-0.3, -0.25) is 4.79 Å². The number of nitrogens with one attached hydrogen (secondary N) is 2. The molecule has 2 fully saturated rings. The van der Waals surface area contributed by atoms with Gasteiger partial charge in [0.1, 0.15) is 11.4 Å². The first kappa shape index (κ1) is 17.7. The summed E-state index contributed by atoms with van der Waals surface area (Å²) in [5.41, 5.74) is -0.810. The zero-order chi connectivity index (χ0) is 17.7. The number of para-hydroxylation sites is 1. The molecule has 7 heteroatoms. The number of urea groups is 1. The second-order valence-corrected chi connectivity index (χ2v) is 6.61. The van der Waals surface area contributed by atoms with Crippen LogP contribution in [0.2, 0.25) is 0 Å².